The third-order valence-corrected chi connectivity index (χ3v) is 5.58. The van der Waals surface area contributed by atoms with E-state index in [1.165, 1.54) is 18.5 Å². The van der Waals surface area contributed by atoms with Gasteiger partial charge in [-0.3, -0.25) is 9.59 Å². The molecule has 1 amide bonds. The highest BCUT2D eigenvalue weighted by Gasteiger charge is 2.69. The second kappa shape index (κ2) is 6.36. The summed E-state index contributed by atoms with van der Waals surface area (Å²) in [5.74, 6) is -3.83. The Morgan fingerprint density at radius 2 is 2.14 bits per heavy atom. The fourth-order valence-electron chi connectivity index (χ4n) is 3.93. The predicted octanol–water partition coefficient (Wildman–Crippen LogP) is 2.11. The molecule has 1 saturated carbocycles. The van der Waals surface area contributed by atoms with E-state index < -0.39 is 29.2 Å². The minimum Gasteiger partial charge on any atom is -0.443 e. The van der Waals surface area contributed by atoms with Gasteiger partial charge in [0.2, 0.25) is 5.91 Å². The van der Waals surface area contributed by atoms with Gasteiger partial charge in [0.15, 0.2) is 12.0 Å². The molecule has 1 saturated heterocycles. The first-order chi connectivity index (χ1) is 13.9. The molecule has 2 aliphatic rings. The van der Waals surface area contributed by atoms with E-state index in [9.17, 15) is 18.4 Å². The summed E-state index contributed by atoms with van der Waals surface area (Å²) in [5, 5.41) is 6.91. The number of halogens is 2. The molecule has 3 aromatic rings. The zero-order chi connectivity index (χ0) is 20.2. The number of alkyl halides is 2. The third kappa shape index (κ3) is 3.14. The van der Waals surface area contributed by atoms with E-state index in [4.69, 9.17) is 4.42 Å². The van der Waals surface area contributed by atoms with Crippen LogP contribution in [0.1, 0.15) is 6.42 Å². The molecule has 0 radical (unpaired) electrons. The van der Waals surface area contributed by atoms with Crippen LogP contribution in [0, 0.1) is 11.8 Å². The Hall–Kier alpha value is -3.30. The van der Waals surface area contributed by atoms with Crippen molar-refractivity contribution in [3.8, 4) is 0 Å². The lowest BCUT2D eigenvalue weighted by Gasteiger charge is -2.26. The predicted molar refractivity (Wildman–Crippen MR) is 99.9 cm³/mol. The molecule has 2 aromatic heterocycles. The summed E-state index contributed by atoms with van der Waals surface area (Å²) < 4.78 is 33.4. The standard InChI is InChI=1S/C19H17F2N5O3/c20-19(21)12-5-6-25(8-13(12)19)16-3-4-18(28)26(24-16)9-17(27)23-11-1-2-15-14(7-11)22-10-29-15/h1-4,7,10,12-13H,5-6,8-9H2,(H,23,27). The van der Waals surface area contributed by atoms with Crippen molar-refractivity contribution in [2.45, 2.75) is 18.9 Å². The lowest BCUT2D eigenvalue weighted by atomic mass is 10.1. The molecule has 0 bridgehead atoms. The van der Waals surface area contributed by atoms with Gasteiger partial charge in [-0.25, -0.2) is 18.4 Å². The molecule has 1 aliphatic heterocycles. The van der Waals surface area contributed by atoms with Crippen LogP contribution in [0.15, 0.2) is 45.9 Å². The number of carbonyl (C=O) groups is 1. The van der Waals surface area contributed by atoms with Crippen LogP contribution < -0.4 is 15.8 Å². The first kappa shape index (κ1) is 17.8. The molecule has 0 spiro atoms. The second-order valence-corrected chi connectivity index (χ2v) is 7.39. The van der Waals surface area contributed by atoms with E-state index in [2.05, 4.69) is 15.4 Å². The highest BCUT2D eigenvalue weighted by molar-refractivity contribution is 5.92. The van der Waals surface area contributed by atoms with E-state index in [-0.39, 0.29) is 13.1 Å². The van der Waals surface area contributed by atoms with E-state index in [1.54, 1.807) is 23.1 Å². The van der Waals surface area contributed by atoms with Crippen LogP contribution >= 0.6 is 0 Å². The first-order valence-electron chi connectivity index (χ1n) is 9.26. The van der Waals surface area contributed by atoms with Gasteiger partial charge in [-0.2, -0.15) is 5.10 Å². The molecule has 8 nitrogen and oxygen atoms in total. The average Bonchev–Trinajstić information content (AvgIpc) is 3.03. The molecule has 1 N–H and O–H groups in total. The number of rotatable bonds is 4. The number of aromatic nitrogens is 3. The average molecular weight is 401 g/mol. The van der Waals surface area contributed by atoms with Crippen molar-refractivity contribution in [1.29, 1.82) is 0 Å². The summed E-state index contributed by atoms with van der Waals surface area (Å²) in [7, 11) is 0. The summed E-state index contributed by atoms with van der Waals surface area (Å²) in [5.41, 5.74) is 1.26. The number of benzene rings is 1. The van der Waals surface area contributed by atoms with Crippen LogP contribution in [-0.2, 0) is 11.3 Å². The lowest BCUT2D eigenvalue weighted by Crippen LogP contribution is -2.35. The number of hydrogen-bond acceptors (Lipinski definition) is 6. The van der Waals surface area contributed by atoms with Crippen molar-refractivity contribution in [3.05, 3.63) is 47.1 Å². The Morgan fingerprint density at radius 1 is 1.28 bits per heavy atom. The Labute approximate surface area is 163 Å². The minimum absolute atomic E-state index is 0.201. The molecular weight excluding hydrogens is 384 g/mol. The van der Waals surface area contributed by atoms with Gasteiger partial charge < -0.3 is 14.6 Å². The maximum atomic E-state index is 13.6. The number of nitrogens with one attached hydrogen (secondary N) is 1. The summed E-state index contributed by atoms with van der Waals surface area (Å²) in [6.07, 6.45) is 1.70. The Balaban J connectivity index is 1.30. The van der Waals surface area contributed by atoms with Crippen molar-refractivity contribution in [2.75, 3.05) is 23.3 Å². The van der Waals surface area contributed by atoms with Crippen molar-refractivity contribution in [3.63, 3.8) is 0 Å². The fraction of sp³-hybridized carbons (Fsp3) is 0.368. The van der Waals surface area contributed by atoms with Crippen molar-refractivity contribution in [1.82, 2.24) is 14.8 Å². The third-order valence-electron chi connectivity index (χ3n) is 5.58. The number of anilines is 2. The normalized spacial score (nSPS) is 22.3. The van der Waals surface area contributed by atoms with Gasteiger partial charge in [0.1, 0.15) is 17.9 Å². The molecule has 1 aliphatic carbocycles. The Kier molecular flexibility index (Phi) is 3.90. The molecule has 10 heteroatoms. The minimum atomic E-state index is -2.60. The van der Waals surface area contributed by atoms with Gasteiger partial charge in [-0.05, 0) is 30.7 Å². The zero-order valence-electron chi connectivity index (χ0n) is 15.2. The molecule has 5 rings (SSSR count). The number of piperidine rings is 1. The molecule has 2 atom stereocenters. The van der Waals surface area contributed by atoms with E-state index in [1.807, 2.05) is 0 Å². The summed E-state index contributed by atoms with van der Waals surface area (Å²) in [6.45, 7) is 0.359. The zero-order valence-corrected chi connectivity index (χ0v) is 15.2. The highest BCUT2D eigenvalue weighted by Crippen LogP contribution is 2.59. The number of carbonyl (C=O) groups excluding carboxylic acids is 1. The van der Waals surface area contributed by atoms with Crippen LogP contribution in [0.5, 0.6) is 0 Å². The summed E-state index contributed by atoms with van der Waals surface area (Å²) >= 11 is 0. The molecule has 2 unspecified atom stereocenters. The second-order valence-electron chi connectivity index (χ2n) is 7.39. The van der Waals surface area contributed by atoms with Gasteiger partial charge in [0, 0.05) is 36.7 Å². The largest absolute Gasteiger partial charge is 0.443 e. The molecular formula is C19H17F2N5O3. The van der Waals surface area contributed by atoms with Gasteiger partial charge in [0.05, 0.1) is 0 Å². The Morgan fingerprint density at radius 3 is 2.97 bits per heavy atom. The van der Waals surface area contributed by atoms with E-state index >= 15 is 0 Å². The molecule has 2 fully saturated rings. The number of fused-ring (bicyclic) bond motifs is 2. The molecule has 3 heterocycles. The van der Waals surface area contributed by atoms with Gasteiger partial charge in [-0.15, -0.1) is 0 Å². The van der Waals surface area contributed by atoms with Crippen LogP contribution in [0.4, 0.5) is 20.3 Å². The quantitative estimate of drug-likeness (QED) is 0.720. The maximum absolute atomic E-state index is 13.6. The van der Waals surface area contributed by atoms with Crippen molar-refractivity contribution >= 4 is 28.5 Å². The summed E-state index contributed by atoms with van der Waals surface area (Å²) in [6, 6.07) is 7.81. The van der Waals surface area contributed by atoms with Crippen molar-refractivity contribution in [2.24, 2.45) is 11.8 Å². The first-order valence-corrected chi connectivity index (χ1v) is 9.26. The molecule has 150 valence electrons. The number of amides is 1. The van der Waals surface area contributed by atoms with Crippen LogP contribution in [0.3, 0.4) is 0 Å². The van der Waals surface area contributed by atoms with Gasteiger partial charge >= 0.3 is 0 Å². The smallest absolute Gasteiger partial charge is 0.267 e. The van der Waals surface area contributed by atoms with Crippen LogP contribution in [0.2, 0.25) is 0 Å². The van der Waals surface area contributed by atoms with E-state index in [0.717, 1.165) is 4.68 Å². The van der Waals surface area contributed by atoms with Crippen LogP contribution in [-0.4, -0.2) is 39.7 Å². The fourth-order valence-corrected chi connectivity index (χ4v) is 3.93. The maximum Gasteiger partial charge on any atom is 0.267 e. The molecule has 29 heavy (non-hydrogen) atoms. The lowest BCUT2D eigenvalue weighted by molar-refractivity contribution is -0.117. The molecule has 1 aromatic carbocycles. The SMILES string of the molecule is O=C(Cn1nc(N2CCC3C(C2)C3(F)F)ccc1=O)Nc1ccc2ocnc2c1. The number of nitrogens with zero attached hydrogens (tertiary/aromatic N) is 4. The van der Waals surface area contributed by atoms with Gasteiger partial charge in [-0.1, -0.05) is 0 Å². The van der Waals surface area contributed by atoms with Gasteiger partial charge in [0.25, 0.3) is 11.5 Å². The van der Waals surface area contributed by atoms with Crippen LogP contribution in [0.25, 0.3) is 11.1 Å². The Bertz CT molecular complexity index is 1160. The number of hydrogen-bond donors (Lipinski definition) is 1. The monoisotopic (exact) mass is 401 g/mol. The highest BCUT2D eigenvalue weighted by atomic mass is 19.3. The summed E-state index contributed by atoms with van der Waals surface area (Å²) in [4.78, 5) is 30.3. The number of oxazole rings is 1. The van der Waals surface area contributed by atoms with E-state index in [0.29, 0.717) is 35.6 Å². The van der Waals surface area contributed by atoms with Crippen molar-refractivity contribution < 1.29 is 18.0 Å². The topological polar surface area (TPSA) is 93.3 Å².